The topological polar surface area (TPSA) is 38.8 Å². The fraction of sp³-hybridized carbons (Fsp3) is 0.727. The second kappa shape index (κ2) is 2.83. The van der Waals surface area contributed by atoms with Crippen LogP contribution < -0.4 is 0 Å². The van der Waals surface area contributed by atoms with Crippen molar-refractivity contribution in [2.75, 3.05) is 13.2 Å². The van der Waals surface area contributed by atoms with E-state index in [4.69, 9.17) is 9.47 Å². The van der Waals surface area contributed by atoms with Gasteiger partial charge in [-0.05, 0) is 25.7 Å². The second-order valence-electron chi connectivity index (χ2n) is 4.49. The molecule has 1 spiro atoms. The second-order valence-corrected chi connectivity index (χ2v) is 4.49. The molecule has 2 fully saturated rings. The van der Waals surface area contributed by atoms with Crippen molar-refractivity contribution >= 4 is 5.97 Å². The van der Waals surface area contributed by atoms with Gasteiger partial charge in [-0.25, -0.2) is 4.79 Å². The molecule has 0 aromatic carbocycles. The van der Waals surface area contributed by atoms with Crippen LogP contribution in [0.1, 0.15) is 25.7 Å². The molecule has 0 amide bonds. The van der Waals surface area contributed by atoms with Crippen LogP contribution in [0.25, 0.3) is 0 Å². The van der Waals surface area contributed by atoms with Crippen LogP contribution in [0, 0.1) is 5.41 Å². The van der Waals surface area contributed by atoms with Crippen molar-refractivity contribution in [3.8, 4) is 0 Å². The van der Waals surface area contributed by atoms with Crippen molar-refractivity contribution in [2.45, 2.75) is 31.8 Å². The summed E-state index contributed by atoms with van der Waals surface area (Å²) in [5.74, 6) is -0.101. The third-order valence-corrected chi connectivity index (χ3v) is 3.42. The van der Waals surface area contributed by atoms with Crippen molar-refractivity contribution in [3.05, 3.63) is 11.6 Å². The average molecular weight is 194 g/mol. The van der Waals surface area contributed by atoms with Gasteiger partial charge in [-0.2, -0.15) is 0 Å². The fourth-order valence-electron chi connectivity index (χ4n) is 2.22. The van der Waals surface area contributed by atoms with E-state index in [1.54, 1.807) is 0 Å². The lowest BCUT2D eigenvalue weighted by atomic mass is 9.99. The molecule has 1 aliphatic heterocycles. The first-order chi connectivity index (χ1) is 6.80. The summed E-state index contributed by atoms with van der Waals surface area (Å²) in [6.45, 7) is 1.18. The van der Waals surface area contributed by atoms with Crippen molar-refractivity contribution < 1.29 is 14.3 Å². The molecule has 76 valence electrons. The van der Waals surface area contributed by atoms with Crippen molar-refractivity contribution in [2.24, 2.45) is 5.41 Å². The van der Waals surface area contributed by atoms with E-state index < -0.39 is 0 Å². The normalized spacial score (nSPS) is 31.4. The number of carbonyl (C=O) groups excluding carboxylic acids is 1. The predicted molar refractivity (Wildman–Crippen MR) is 49.7 cm³/mol. The Bertz CT molecular complexity index is 298. The van der Waals surface area contributed by atoms with E-state index in [0.717, 1.165) is 25.0 Å². The monoisotopic (exact) mass is 194 g/mol. The van der Waals surface area contributed by atoms with E-state index in [1.165, 1.54) is 12.8 Å². The number of carbonyl (C=O) groups is 1. The Morgan fingerprint density at radius 1 is 1.57 bits per heavy atom. The first-order valence-electron chi connectivity index (χ1n) is 5.30. The highest BCUT2D eigenvalue weighted by atomic mass is 16.6. The van der Waals surface area contributed by atoms with E-state index >= 15 is 0 Å². The standard InChI is InChI=1S/C11H14O3/c12-10(14-7-8-6-13-8)9-2-1-3-11(9)4-5-11/h2,8H,1,3-7H2. The van der Waals surface area contributed by atoms with Crippen molar-refractivity contribution in [1.29, 1.82) is 0 Å². The highest BCUT2D eigenvalue weighted by Gasteiger charge is 2.50. The lowest BCUT2D eigenvalue weighted by Gasteiger charge is -2.11. The van der Waals surface area contributed by atoms with Crippen molar-refractivity contribution in [1.82, 2.24) is 0 Å². The lowest BCUT2D eigenvalue weighted by Crippen LogP contribution is -2.16. The summed E-state index contributed by atoms with van der Waals surface area (Å²) < 4.78 is 10.2. The maximum Gasteiger partial charge on any atom is 0.334 e. The van der Waals surface area contributed by atoms with Crippen LogP contribution in [0.4, 0.5) is 0 Å². The number of allylic oxidation sites excluding steroid dienone is 1. The molecular formula is C11H14O3. The molecule has 1 saturated carbocycles. The minimum absolute atomic E-state index is 0.101. The van der Waals surface area contributed by atoms with Gasteiger partial charge in [0.05, 0.1) is 6.61 Å². The van der Waals surface area contributed by atoms with Crippen LogP contribution in [0.2, 0.25) is 0 Å². The van der Waals surface area contributed by atoms with Gasteiger partial charge in [-0.15, -0.1) is 0 Å². The molecule has 3 aliphatic rings. The third kappa shape index (κ3) is 1.36. The Morgan fingerprint density at radius 2 is 2.36 bits per heavy atom. The zero-order valence-electron chi connectivity index (χ0n) is 8.12. The van der Waals surface area contributed by atoms with Crippen LogP contribution in [0.5, 0.6) is 0 Å². The zero-order chi connectivity index (χ0) is 9.60. The number of epoxide rings is 1. The summed E-state index contributed by atoms with van der Waals surface area (Å²) in [5.41, 5.74) is 1.18. The lowest BCUT2D eigenvalue weighted by molar-refractivity contribution is -0.140. The molecule has 0 aromatic rings. The molecule has 0 aromatic heterocycles. The molecule has 14 heavy (non-hydrogen) atoms. The van der Waals surface area contributed by atoms with Gasteiger partial charge in [0.15, 0.2) is 0 Å². The summed E-state index contributed by atoms with van der Waals surface area (Å²) in [4.78, 5) is 11.7. The van der Waals surface area contributed by atoms with Gasteiger partial charge in [0.25, 0.3) is 0 Å². The van der Waals surface area contributed by atoms with E-state index in [9.17, 15) is 4.79 Å². The fourth-order valence-corrected chi connectivity index (χ4v) is 2.22. The Kier molecular flexibility index (Phi) is 1.71. The highest BCUT2D eigenvalue weighted by molar-refractivity contribution is 5.91. The molecule has 3 nitrogen and oxygen atoms in total. The number of esters is 1. The van der Waals surface area contributed by atoms with Gasteiger partial charge in [0.1, 0.15) is 12.7 Å². The van der Waals surface area contributed by atoms with E-state index in [0.29, 0.717) is 6.61 Å². The largest absolute Gasteiger partial charge is 0.459 e. The molecule has 0 bridgehead atoms. The summed E-state index contributed by atoms with van der Waals surface area (Å²) in [5, 5.41) is 0. The van der Waals surface area contributed by atoms with E-state index in [-0.39, 0.29) is 17.5 Å². The Hall–Kier alpha value is -0.830. The average Bonchev–Trinajstić information content (AvgIpc) is 3.02. The molecule has 0 radical (unpaired) electrons. The summed E-state index contributed by atoms with van der Waals surface area (Å²) in [7, 11) is 0. The molecule has 2 aliphatic carbocycles. The highest BCUT2D eigenvalue weighted by Crippen LogP contribution is 2.58. The van der Waals surface area contributed by atoms with Gasteiger partial charge in [-0.1, -0.05) is 6.08 Å². The quantitative estimate of drug-likeness (QED) is 0.504. The summed E-state index contributed by atoms with van der Waals surface area (Å²) in [6, 6.07) is 0. The third-order valence-electron chi connectivity index (χ3n) is 3.42. The summed E-state index contributed by atoms with van der Waals surface area (Å²) >= 11 is 0. The number of rotatable bonds is 3. The molecule has 1 atom stereocenters. The molecule has 1 unspecified atom stereocenters. The maximum atomic E-state index is 11.7. The van der Waals surface area contributed by atoms with Gasteiger partial charge >= 0.3 is 5.97 Å². The van der Waals surface area contributed by atoms with Crippen LogP contribution in [0.3, 0.4) is 0 Å². The van der Waals surface area contributed by atoms with Gasteiger partial charge in [0, 0.05) is 11.0 Å². The minimum atomic E-state index is -0.101. The predicted octanol–water partition coefficient (Wildman–Crippen LogP) is 1.43. The van der Waals surface area contributed by atoms with Crippen LogP contribution >= 0.6 is 0 Å². The Balaban J connectivity index is 1.60. The molecule has 1 saturated heterocycles. The summed E-state index contributed by atoms with van der Waals surface area (Å²) in [6.07, 6.45) is 6.78. The molecule has 3 heteroatoms. The van der Waals surface area contributed by atoms with Crippen LogP contribution in [-0.4, -0.2) is 25.3 Å². The number of hydrogen-bond donors (Lipinski definition) is 0. The number of ether oxygens (including phenoxy) is 2. The van der Waals surface area contributed by atoms with Crippen LogP contribution in [0.15, 0.2) is 11.6 Å². The SMILES string of the molecule is O=C(OCC1CO1)C1=CCCC12CC2. The van der Waals surface area contributed by atoms with Crippen LogP contribution in [-0.2, 0) is 14.3 Å². The van der Waals surface area contributed by atoms with Gasteiger partial charge in [0.2, 0.25) is 0 Å². The maximum absolute atomic E-state index is 11.7. The first-order valence-corrected chi connectivity index (χ1v) is 5.30. The van der Waals surface area contributed by atoms with Gasteiger partial charge < -0.3 is 9.47 Å². The Morgan fingerprint density at radius 3 is 3.00 bits per heavy atom. The zero-order valence-corrected chi connectivity index (χ0v) is 8.12. The van der Waals surface area contributed by atoms with Gasteiger partial charge in [-0.3, -0.25) is 0 Å². The number of hydrogen-bond acceptors (Lipinski definition) is 3. The first kappa shape index (κ1) is 8.48. The smallest absolute Gasteiger partial charge is 0.334 e. The molecular weight excluding hydrogens is 180 g/mol. The molecule has 0 N–H and O–H groups in total. The molecule has 1 heterocycles. The van der Waals surface area contributed by atoms with Crippen molar-refractivity contribution in [3.63, 3.8) is 0 Å². The Labute approximate surface area is 83.1 Å². The van der Waals surface area contributed by atoms with E-state index in [1.807, 2.05) is 0 Å². The van der Waals surface area contributed by atoms with E-state index in [2.05, 4.69) is 6.08 Å². The minimum Gasteiger partial charge on any atom is -0.459 e. The molecule has 3 rings (SSSR count).